The van der Waals surface area contributed by atoms with E-state index in [-0.39, 0.29) is 61.0 Å². The number of nitrogens with zero attached hydrogens (tertiary/aromatic N) is 2. The van der Waals surface area contributed by atoms with E-state index in [0.29, 0.717) is 64.3 Å². The number of likely N-dealkylation sites (tertiary alicyclic amines) is 1. The van der Waals surface area contributed by atoms with Gasteiger partial charge < -0.3 is 40.8 Å². The van der Waals surface area contributed by atoms with Gasteiger partial charge in [-0.25, -0.2) is 0 Å². The van der Waals surface area contributed by atoms with Gasteiger partial charge in [-0.05, 0) is 89.9 Å². The van der Waals surface area contributed by atoms with Crippen LogP contribution in [-0.4, -0.2) is 134 Å². The number of aliphatic hydroxyl groups is 1. The topological polar surface area (TPSA) is 236 Å². The third-order valence-corrected chi connectivity index (χ3v) is 9.32. The van der Waals surface area contributed by atoms with Crippen LogP contribution in [0.1, 0.15) is 167 Å². The summed E-state index contributed by atoms with van der Waals surface area (Å²) < 4.78 is 0. The van der Waals surface area contributed by atoms with Crippen molar-refractivity contribution in [2.45, 2.75) is 185 Å². The highest BCUT2D eigenvalue weighted by Crippen LogP contribution is 2.21. The summed E-state index contributed by atoms with van der Waals surface area (Å²) in [4.78, 5) is 91.6. The van der Waals surface area contributed by atoms with E-state index in [9.17, 15) is 28.8 Å². The van der Waals surface area contributed by atoms with E-state index in [1.807, 2.05) is 55.4 Å². The van der Waals surface area contributed by atoms with Gasteiger partial charge in [-0.15, -0.1) is 0 Å². The number of allylic oxidation sites excluding steroid dienone is 4. The molecule has 0 aromatic carbocycles. The number of hydrogen-bond acceptors (Lipinski definition) is 13. The molecule has 7 N–H and O–H groups in total. The Morgan fingerprint density at radius 2 is 1.46 bits per heavy atom. The molecule has 2 aliphatic heterocycles. The van der Waals surface area contributed by atoms with Crippen LogP contribution < -0.4 is 26.7 Å². The molecule has 67 heavy (non-hydrogen) atoms. The Bertz CT molecular complexity index is 1390. The van der Waals surface area contributed by atoms with Crippen molar-refractivity contribution in [1.82, 2.24) is 36.5 Å². The number of amides is 3. The van der Waals surface area contributed by atoms with Crippen molar-refractivity contribution in [2.75, 3.05) is 53.4 Å². The van der Waals surface area contributed by atoms with E-state index in [4.69, 9.17) is 19.8 Å². The molecule has 0 bridgehead atoms. The predicted octanol–water partition coefficient (Wildman–Crippen LogP) is 6.61. The number of rotatable bonds is 24. The lowest BCUT2D eigenvalue weighted by Crippen LogP contribution is -2.56. The van der Waals surface area contributed by atoms with Crippen LogP contribution in [0, 0.1) is 5.92 Å². The predicted molar refractivity (Wildman–Crippen MR) is 272 cm³/mol. The van der Waals surface area contributed by atoms with Crippen LogP contribution in [0.15, 0.2) is 35.1 Å². The van der Waals surface area contributed by atoms with Crippen LogP contribution in [0.4, 0.5) is 0 Å². The zero-order valence-corrected chi connectivity index (χ0v) is 44.5. The highest BCUT2D eigenvalue weighted by atomic mass is 16.7. The van der Waals surface area contributed by atoms with Crippen molar-refractivity contribution in [2.24, 2.45) is 5.92 Å². The second kappa shape index (κ2) is 51.1. The van der Waals surface area contributed by atoms with Crippen LogP contribution >= 0.6 is 0 Å². The normalized spacial score (nSPS) is 15.2. The fourth-order valence-corrected chi connectivity index (χ4v) is 6.21. The Hall–Kier alpha value is -4.29. The first-order valence-corrected chi connectivity index (χ1v) is 24.7. The summed E-state index contributed by atoms with van der Waals surface area (Å²) in [5.74, 6) is -1.50. The van der Waals surface area contributed by atoms with Crippen LogP contribution in [0.2, 0.25) is 0 Å². The number of carbonyl (C=O) groups excluding carboxylic acids is 6. The molecule has 0 aromatic rings. The van der Waals surface area contributed by atoms with E-state index in [1.54, 1.807) is 24.1 Å². The zero-order chi connectivity index (χ0) is 52.6. The van der Waals surface area contributed by atoms with Gasteiger partial charge in [0.05, 0.1) is 18.8 Å². The van der Waals surface area contributed by atoms with Gasteiger partial charge in [-0.2, -0.15) is 5.48 Å². The summed E-state index contributed by atoms with van der Waals surface area (Å²) >= 11 is 0. The molecule has 3 amide bonds. The Morgan fingerprint density at radius 3 is 1.99 bits per heavy atom. The summed E-state index contributed by atoms with van der Waals surface area (Å²) in [5.41, 5.74) is 6.15. The number of ketones is 2. The van der Waals surface area contributed by atoms with E-state index >= 15 is 0 Å². The Labute approximate surface area is 406 Å². The van der Waals surface area contributed by atoms with E-state index in [1.165, 1.54) is 30.7 Å². The fraction of sp³-hybridized carbons (Fsp3) is 0.740. The van der Waals surface area contributed by atoms with Crippen LogP contribution in [-0.2, 0) is 38.4 Å². The number of carbonyl (C=O) groups is 7. The fourth-order valence-electron chi connectivity index (χ4n) is 6.21. The number of hydroxylamine groups is 1. The Kier molecular flexibility index (Phi) is 54.7. The van der Waals surface area contributed by atoms with Crippen LogP contribution in [0.3, 0.4) is 0 Å². The minimum absolute atomic E-state index is 0.00458. The molecule has 17 heteroatoms. The molecule has 2 aliphatic rings. The Morgan fingerprint density at radius 1 is 0.866 bits per heavy atom. The third-order valence-electron chi connectivity index (χ3n) is 9.32. The van der Waals surface area contributed by atoms with Gasteiger partial charge in [-0.3, -0.25) is 38.9 Å². The molecule has 1 saturated heterocycles. The van der Waals surface area contributed by atoms with Crippen molar-refractivity contribution in [3.05, 3.63) is 35.1 Å². The third kappa shape index (κ3) is 37.4. The number of Topliss-reactive ketones (excluding diaryl/α,β-unsaturated/α-hetero) is 2. The molecule has 1 fully saturated rings. The summed E-state index contributed by atoms with van der Waals surface area (Å²) in [7, 11) is 3.20. The van der Waals surface area contributed by atoms with Crippen molar-refractivity contribution >= 4 is 42.0 Å². The van der Waals surface area contributed by atoms with Gasteiger partial charge in [0, 0.05) is 39.5 Å². The lowest BCUT2D eigenvalue weighted by Gasteiger charge is -2.31. The molecule has 0 spiro atoms. The van der Waals surface area contributed by atoms with Crippen molar-refractivity contribution < 1.29 is 48.6 Å². The summed E-state index contributed by atoms with van der Waals surface area (Å²) in [6, 6.07) is -0.837. The van der Waals surface area contributed by atoms with E-state index in [2.05, 4.69) is 78.5 Å². The summed E-state index contributed by atoms with van der Waals surface area (Å²) in [6.07, 6.45) is 14.5. The largest absolute Gasteiger partial charge is 0.483 e. The molecule has 0 aromatic heterocycles. The monoisotopic (exact) mass is 956 g/mol. The molecule has 3 atom stereocenters. The quantitative estimate of drug-likeness (QED) is 0.0177. The second-order valence-electron chi connectivity index (χ2n) is 15.2. The smallest absolute Gasteiger partial charge is 0.290 e. The molecule has 2 rings (SSSR count). The zero-order valence-electron chi connectivity index (χ0n) is 44.5. The molecule has 2 heterocycles. The number of aldehydes is 1. The number of hydrogen-bond donors (Lipinski definition) is 7. The maximum Gasteiger partial charge on any atom is 0.290 e. The lowest BCUT2D eigenvalue weighted by molar-refractivity contribution is -0.158. The molecule has 0 saturated carbocycles. The summed E-state index contributed by atoms with van der Waals surface area (Å²) in [5, 5.41) is 25.0. The first kappa shape index (κ1) is 71.7. The minimum Gasteiger partial charge on any atom is -0.483 e. The number of nitrogens with one attached hydrogen (secondary N) is 5. The Balaban J connectivity index is -0.000000419. The van der Waals surface area contributed by atoms with E-state index in [0.717, 1.165) is 20.1 Å². The maximum absolute atomic E-state index is 13.5. The molecular weight excluding hydrogens is 859 g/mol. The number of unbranched alkanes of at least 4 members (excludes halogenated alkanes) is 1. The van der Waals surface area contributed by atoms with Crippen LogP contribution in [0.5, 0.6) is 0 Å². The van der Waals surface area contributed by atoms with Crippen LogP contribution in [0.25, 0.3) is 0 Å². The molecule has 392 valence electrons. The number of aliphatic hydroxyl groups excluding tert-OH is 1. The molecule has 0 aliphatic carbocycles. The van der Waals surface area contributed by atoms with Gasteiger partial charge in [0.2, 0.25) is 23.5 Å². The van der Waals surface area contributed by atoms with Crippen molar-refractivity contribution in [3.8, 4) is 0 Å². The van der Waals surface area contributed by atoms with Gasteiger partial charge in [0.15, 0.2) is 6.23 Å². The first-order valence-electron chi connectivity index (χ1n) is 24.7. The average Bonchev–Trinajstić information content (AvgIpc) is 3.74. The highest BCUT2D eigenvalue weighted by Gasteiger charge is 2.37. The SMILES string of the molecule is CC.CC.CC/C=C(/NCC=O)C(=O)C(NCC)NOC1CCCN1C(=O)C(NC(=O)CNC(=O)CCCCC(=O)CC)C(C)C.CC/C=C\C1=C(C)CN(C)CCC1.CCC.CO.O=CO. The van der Waals surface area contributed by atoms with Gasteiger partial charge in [0.1, 0.15) is 24.3 Å². The number of likely N-dealkylation sites (N-methyl/N-ethyl adjacent to an activating group) is 2. The standard InChI is InChI=1S/C29H50N6O7.C12H21N.C3H8.2C2H6.CH2O2.CH4O/c1-6-12-22(31-16-18-36)27(40)28(30-8-3)34-42-25-15-11-17-35(25)29(41)26(20(4)5)33-24(39)19-32-23(38)14-10-9-13-21(37)7-2;1-4-5-7-12-8-6-9-13(3)10-11(12)2;1-3-2;2*1-2;2-1-3;1-2/h12,18,20,25-26,28,30-31,34H,6-11,13-17,19H2,1-5H3,(H,32,38)(H,33,39);5,7H,4,6,8-10H2,1-3H3;3H2,1-2H3;2*1-2H3;1H,(H,2,3);2H,1H3/b22-12+;7-5-;;;;;. The van der Waals surface area contributed by atoms with Gasteiger partial charge >= 0.3 is 0 Å². The van der Waals surface area contributed by atoms with Crippen molar-refractivity contribution in [1.29, 1.82) is 0 Å². The molecular formula is C50H97N7O10. The second-order valence-corrected chi connectivity index (χ2v) is 15.2. The van der Waals surface area contributed by atoms with Gasteiger partial charge in [-0.1, -0.05) is 113 Å². The highest BCUT2D eigenvalue weighted by molar-refractivity contribution is 5.98. The van der Waals surface area contributed by atoms with E-state index < -0.39 is 24.3 Å². The minimum atomic E-state index is -0.916. The lowest BCUT2D eigenvalue weighted by atomic mass is 10.0. The van der Waals surface area contributed by atoms with Gasteiger partial charge in [0.25, 0.3) is 6.47 Å². The summed E-state index contributed by atoms with van der Waals surface area (Å²) in [6.45, 7) is 28.6. The molecule has 0 radical (unpaired) electrons. The number of carboxylic acid groups (broad SMARTS) is 1. The molecule has 3 unspecified atom stereocenters. The molecule has 17 nitrogen and oxygen atoms in total. The average molecular weight is 956 g/mol. The maximum atomic E-state index is 13.5. The first-order chi connectivity index (χ1) is 32.2. The van der Waals surface area contributed by atoms with Crippen molar-refractivity contribution in [3.63, 3.8) is 0 Å².